The highest BCUT2D eigenvalue weighted by molar-refractivity contribution is 9.11. The van der Waals surface area contributed by atoms with E-state index in [0.29, 0.717) is 5.02 Å². The molecule has 0 saturated heterocycles. The molecule has 0 aliphatic rings. The largest absolute Gasteiger partial charge is 0.327 e. The number of hydrogen-bond acceptors (Lipinski definition) is 4. The number of hydrogen-bond donors (Lipinski definition) is 1. The first-order valence-corrected chi connectivity index (χ1v) is 8.22. The molecule has 0 fully saturated rings. The van der Waals surface area contributed by atoms with Crippen molar-refractivity contribution in [2.75, 3.05) is 0 Å². The Kier molecular flexibility index (Phi) is 5.09. The summed E-state index contributed by atoms with van der Waals surface area (Å²) in [5, 5.41) is 1.79. The fourth-order valence-corrected chi connectivity index (χ4v) is 4.32. The van der Waals surface area contributed by atoms with E-state index in [9.17, 15) is 0 Å². The molecule has 18 heavy (non-hydrogen) atoms. The molecule has 2 aromatic heterocycles. The van der Waals surface area contributed by atoms with Gasteiger partial charge in [-0.3, -0.25) is 0 Å². The topological polar surface area (TPSA) is 38.9 Å². The highest BCUT2D eigenvalue weighted by Gasteiger charge is 2.20. The van der Waals surface area contributed by atoms with Gasteiger partial charge in [0.2, 0.25) is 0 Å². The third kappa shape index (κ3) is 3.71. The molecule has 2 heterocycles. The average molecular weight is 364 g/mol. The molecule has 2 atom stereocenters. The zero-order chi connectivity index (χ0) is 13.1. The molecule has 0 spiro atoms. The second kappa shape index (κ2) is 6.39. The van der Waals surface area contributed by atoms with Crippen LogP contribution in [0, 0.1) is 0 Å². The Balaban J connectivity index is 2.19. The van der Waals surface area contributed by atoms with E-state index in [1.807, 2.05) is 25.1 Å². The third-order valence-electron chi connectivity index (χ3n) is 2.30. The summed E-state index contributed by atoms with van der Waals surface area (Å²) in [5.41, 5.74) is 6.07. The van der Waals surface area contributed by atoms with Crippen molar-refractivity contribution in [3.05, 3.63) is 44.1 Å². The number of thiophene rings is 1. The summed E-state index contributed by atoms with van der Waals surface area (Å²) < 4.78 is 1.12. The lowest BCUT2D eigenvalue weighted by Gasteiger charge is -2.18. The maximum absolute atomic E-state index is 6.07. The van der Waals surface area contributed by atoms with Crippen LogP contribution in [0.2, 0.25) is 5.02 Å². The molecular formula is C12H12BrClN2S2. The van der Waals surface area contributed by atoms with E-state index in [1.54, 1.807) is 29.3 Å². The maximum atomic E-state index is 6.07. The van der Waals surface area contributed by atoms with Gasteiger partial charge in [0.25, 0.3) is 0 Å². The Bertz CT molecular complexity index is 513. The van der Waals surface area contributed by atoms with Crippen molar-refractivity contribution < 1.29 is 0 Å². The minimum absolute atomic E-state index is 0.0537. The van der Waals surface area contributed by atoms with Crippen LogP contribution < -0.4 is 5.73 Å². The number of halogens is 2. The van der Waals surface area contributed by atoms with Crippen LogP contribution >= 0.6 is 50.6 Å². The van der Waals surface area contributed by atoms with Crippen molar-refractivity contribution in [1.29, 1.82) is 0 Å². The van der Waals surface area contributed by atoms with E-state index >= 15 is 0 Å². The first-order chi connectivity index (χ1) is 8.56. The summed E-state index contributed by atoms with van der Waals surface area (Å²) in [6.07, 6.45) is 1.66. The molecule has 2 nitrogen and oxygen atoms in total. The second-order valence-corrected chi connectivity index (χ2v) is 7.95. The quantitative estimate of drug-likeness (QED) is 0.797. The Labute approximate surface area is 128 Å². The first-order valence-electron chi connectivity index (χ1n) is 5.35. The lowest BCUT2D eigenvalue weighted by Crippen LogP contribution is -2.21. The fourth-order valence-electron chi connectivity index (χ4n) is 1.47. The van der Waals surface area contributed by atoms with Crippen molar-refractivity contribution in [1.82, 2.24) is 4.98 Å². The summed E-state index contributed by atoms with van der Waals surface area (Å²) in [5.74, 6) is 0. The van der Waals surface area contributed by atoms with E-state index in [0.717, 1.165) is 8.81 Å². The molecule has 0 saturated carbocycles. The third-order valence-corrected chi connectivity index (χ3v) is 5.80. The molecule has 0 amide bonds. The van der Waals surface area contributed by atoms with Crippen molar-refractivity contribution >= 4 is 50.6 Å². The summed E-state index contributed by atoms with van der Waals surface area (Å²) in [6, 6.07) is 7.97. The van der Waals surface area contributed by atoms with E-state index in [-0.39, 0.29) is 11.3 Å². The summed E-state index contributed by atoms with van der Waals surface area (Å²) in [7, 11) is 0. The van der Waals surface area contributed by atoms with Crippen LogP contribution in [0.15, 0.2) is 39.3 Å². The lowest BCUT2D eigenvalue weighted by atomic mass is 10.2. The Hall–Kier alpha value is -0.0700. The fraction of sp³-hybridized carbons (Fsp3) is 0.250. The van der Waals surface area contributed by atoms with Gasteiger partial charge in [0, 0.05) is 17.1 Å². The first kappa shape index (κ1) is 14.3. The van der Waals surface area contributed by atoms with Crippen LogP contribution in [0.4, 0.5) is 0 Å². The molecule has 2 N–H and O–H groups in total. The highest BCUT2D eigenvalue weighted by Crippen LogP contribution is 2.40. The Morgan fingerprint density at radius 3 is 2.67 bits per heavy atom. The minimum Gasteiger partial charge on any atom is -0.327 e. The maximum Gasteiger partial charge on any atom is 0.0967 e. The SMILES string of the molecule is CC(N)C(Sc1ccc(Cl)cn1)c1ccc(Br)s1. The monoisotopic (exact) mass is 362 g/mol. The summed E-state index contributed by atoms with van der Waals surface area (Å²) in [4.78, 5) is 5.55. The highest BCUT2D eigenvalue weighted by atomic mass is 79.9. The van der Waals surface area contributed by atoms with Gasteiger partial charge in [0.1, 0.15) is 0 Å². The normalized spacial score (nSPS) is 14.4. The number of aromatic nitrogens is 1. The zero-order valence-electron chi connectivity index (χ0n) is 9.64. The minimum atomic E-state index is 0.0537. The Morgan fingerprint density at radius 2 is 2.17 bits per heavy atom. The number of nitrogens with zero attached hydrogens (tertiary/aromatic N) is 1. The van der Waals surface area contributed by atoms with E-state index in [4.69, 9.17) is 17.3 Å². The molecule has 0 aromatic carbocycles. The smallest absolute Gasteiger partial charge is 0.0967 e. The van der Waals surface area contributed by atoms with E-state index < -0.39 is 0 Å². The van der Waals surface area contributed by atoms with Crippen molar-refractivity contribution in [2.24, 2.45) is 5.73 Å². The molecule has 0 radical (unpaired) electrons. The molecule has 6 heteroatoms. The van der Waals surface area contributed by atoms with Crippen LogP contribution in [-0.4, -0.2) is 11.0 Å². The lowest BCUT2D eigenvalue weighted by molar-refractivity contribution is 0.728. The van der Waals surface area contributed by atoms with Crippen molar-refractivity contribution in [2.45, 2.75) is 23.2 Å². The number of nitrogens with two attached hydrogens (primary N) is 1. The van der Waals surface area contributed by atoms with E-state index in [1.165, 1.54) is 4.88 Å². The molecule has 0 aliphatic heterocycles. The Morgan fingerprint density at radius 1 is 1.39 bits per heavy atom. The average Bonchev–Trinajstić information content (AvgIpc) is 2.74. The van der Waals surface area contributed by atoms with Crippen molar-refractivity contribution in [3.63, 3.8) is 0 Å². The number of thioether (sulfide) groups is 1. The van der Waals surface area contributed by atoms with Crippen LogP contribution in [-0.2, 0) is 0 Å². The summed E-state index contributed by atoms with van der Waals surface area (Å²) >= 11 is 12.7. The van der Waals surface area contributed by atoms with Gasteiger partial charge in [-0.2, -0.15) is 0 Å². The van der Waals surface area contributed by atoms with Crippen molar-refractivity contribution in [3.8, 4) is 0 Å². The molecule has 2 unspecified atom stereocenters. The molecule has 96 valence electrons. The predicted molar refractivity (Wildman–Crippen MR) is 83.5 cm³/mol. The van der Waals surface area contributed by atoms with E-state index in [2.05, 4.69) is 27.0 Å². The molecule has 0 aliphatic carbocycles. The zero-order valence-corrected chi connectivity index (χ0v) is 13.6. The number of pyridine rings is 1. The second-order valence-electron chi connectivity index (χ2n) is 3.85. The van der Waals surface area contributed by atoms with Gasteiger partial charge >= 0.3 is 0 Å². The molecular weight excluding hydrogens is 352 g/mol. The summed E-state index contributed by atoms with van der Waals surface area (Å²) in [6.45, 7) is 2.02. The van der Waals surface area contributed by atoms with Crippen LogP contribution in [0.3, 0.4) is 0 Å². The molecule has 2 rings (SSSR count). The van der Waals surface area contributed by atoms with Crippen LogP contribution in [0.5, 0.6) is 0 Å². The van der Waals surface area contributed by atoms with Gasteiger partial charge in [-0.05, 0) is 47.1 Å². The van der Waals surface area contributed by atoms with Crippen LogP contribution in [0.25, 0.3) is 0 Å². The van der Waals surface area contributed by atoms with Gasteiger partial charge in [0.15, 0.2) is 0 Å². The standard InChI is InChI=1S/C12H12BrClN2S2/c1-7(15)12(9-3-4-10(13)17-9)18-11-5-2-8(14)6-16-11/h2-7,12H,15H2,1H3. The van der Waals surface area contributed by atoms with Gasteiger partial charge < -0.3 is 5.73 Å². The molecule has 2 aromatic rings. The van der Waals surface area contributed by atoms with Gasteiger partial charge in [-0.25, -0.2) is 4.98 Å². The van der Waals surface area contributed by atoms with Crippen LogP contribution in [0.1, 0.15) is 17.1 Å². The molecule has 0 bridgehead atoms. The predicted octanol–water partition coefficient (Wildman–Crippen LogP) is 4.74. The number of rotatable bonds is 4. The van der Waals surface area contributed by atoms with Gasteiger partial charge in [0.05, 0.1) is 19.1 Å². The van der Waals surface area contributed by atoms with Gasteiger partial charge in [-0.15, -0.1) is 11.3 Å². The van der Waals surface area contributed by atoms with Gasteiger partial charge in [-0.1, -0.05) is 23.4 Å².